The monoisotopic (exact) mass is 371 g/mol. The van der Waals surface area contributed by atoms with Crippen LogP contribution in [0.5, 0.6) is 0 Å². The zero-order valence-corrected chi connectivity index (χ0v) is 14.7. The number of anilines is 2. The zero-order valence-electron chi connectivity index (χ0n) is 13.1. The largest absolute Gasteiger partial charge is 0.326 e. The van der Waals surface area contributed by atoms with Gasteiger partial charge in [0, 0.05) is 22.7 Å². The molecule has 126 valence electrons. The molecule has 0 unspecified atom stereocenters. The van der Waals surface area contributed by atoms with Gasteiger partial charge in [-0.05, 0) is 54.8 Å². The number of thiazole rings is 1. The van der Waals surface area contributed by atoms with Crippen molar-refractivity contribution in [2.75, 3.05) is 10.6 Å². The molecule has 2 heterocycles. The Kier molecular flexibility index (Phi) is 4.15. The van der Waals surface area contributed by atoms with E-state index >= 15 is 0 Å². The van der Waals surface area contributed by atoms with Crippen LogP contribution in [-0.2, 0) is 11.2 Å². The van der Waals surface area contributed by atoms with E-state index in [1.54, 1.807) is 18.2 Å². The Bertz CT molecular complexity index is 999. The molecule has 0 atom stereocenters. The second kappa shape index (κ2) is 6.46. The van der Waals surface area contributed by atoms with Crippen LogP contribution in [0.25, 0.3) is 10.2 Å². The third-order valence-corrected chi connectivity index (χ3v) is 5.23. The molecule has 1 aromatic heterocycles. The van der Waals surface area contributed by atoms with Gasteiger partial charge < -0.3 is 5.32 Å². The minimum Gasteiger partial charge on any atom is -0.326 e. The molecule has 2 amide bonds. The van der Waals surface area contributed by atoms with Gasteiger partial charge in [-0.15, -0.1) is 0 Å². The summed E-state index contributed by atoms with van der Waals surface area (Å²) in [5.41, 5.74) is 3.12. The summed E-state index contributed by atoms with van der Waals surface area (Å²) >= 11 is 7.36. The Morgan fingerprint density at radius 3 is 2.96 bits per heavy atom. The van der Waals surface area contributed by atoms with Crippen molar-refractivity contribution in [1.82, 2.24) is 4.98 Å². The first kappa shape index (κ1) is 16.1. The van der Waals surface area contributed by atoms with Gasteiger partial charge in [0.25, 0.3) is 5.91 Å². The summed E-state index contributed by atoms with van der Waals surface area (Å²) in [4.78, 5) is 28.5. The highest BCUT2D eigenvalue weighted by atomic mass is 35.5. The number of benzene rings is 2. The minimum atomic E-state index is -0.219. The van der Waals surface area contributed by atoms with Crippen molar-refractivity contribution in [2.45, 2.75) is 19.3 Å². The van der Waals surface area contributed by atoms with Crippen LogP contribution in [0.15, 0.2) is 36.4 Å². The highest BCUT2D eigenvalue weighted by Crippen LogP contribution is 2.29. The molecule has 7 heteroatoms. The van der Waals surface area contributed by atoms with Gasteiger partial charge in [0.15, 0.2) is 5.13 Å². The van der Waals surface area contributed by atoms with Crippen molar-refractivity contribution < 1.29 is 9.59 Å². The van der Waals surface area contributed by atoms with Gasteiger partial charge in [-0.2, -0.15) is 0 Å². The molecule has 0 saturated carbocycles. The fourth-order valence-corrected chi connectivity index (χ4v) is 3.97. The van der Waals surface area contributed by atoms with Crippen molar-refractivity contribution in [3.8, 4) is 0 Å². The summed E-state index contributed by atoms with van der Waals surface area (Å²) in [7, 11) is 0. The van der Waals surface area contributed by atoms with E-state index in [1.807, 2.05) is 18.2 Å². The SMILES string of the molecule is O=C1CCCc2cc(C(=O)Nc3nc4ccc(Cl)cc4s3)ccc2N1. The maximum atomic E-state index is 12.5. The first-order valence-electron chi connectivity index (χ1n) is 7.89. The lowest BCUT2D eigenvalue weighted by Gasteiger charge is -2.09. The number of nitrogens with one attached hydrogen (secondary N) is 2. The zero-order chi connectivity index (χ0) is 17.4. The van der Waals surface area contributed by atoms with Gasteiger partial charge in [-0.25, -0.2) is 4.98 Å². The fraction of sp³-hybridized carbons (Fsp3) is 0.167. The van der Waals surface area contributed by atoms with E-state index in [1.165, 1.54) is 11.3 Å². The van der Waals surface area contributed by atoms with E-state index in [4.69, 9.17) is 11.6 Å². The first-order chi connectivity index (χ1) is 12.1. The van der Waals surface area contributed by atoms with E-state index in [0.29, 0.717) is 22.1 Å². The smallest absolute Gasteiger partial charge is 0.257 e. The average molecular weight is 372 g/mol. The first-order valence-corrected chi connectivity index (χ1v) is 9.08. The van der Waals surface area contributed by atoms with Crippen LogP contribution < -0.4 is 10.6 Å². The van der Waals surface area contributed by atoms with Gasteiger partial charge in [0.1, 0.15) is 0 Å². The third-order valence-electron chi connectivity index (χ3n) is 4.06. The van der Waals surface area contributed by atoms with E-state index < -0.39 is 0 Å². The quantitative estimate of drug-likeness (QED) is 0.697. The predicted molar refractivity (Wildman–Crippen MR) is 101 cm³/mol. The van der Waals surface area contributed by atoms with Gasteiger partial charge in [0.05, 0.1) is 10.2 Å². The number of fused-ring (bicyclic) bond motifs is 2. The average Bonchev–Trinajstić information content (AvgIpc) is 2.86. The molecule has 0 bridgehead atoms. The summed E-state index contributed by atoms with van der Waals surface area (Å²) in [6.07, 6.45) is 2.06. The molecule has 0 fully saturated rings. The van der Waals surface area contributed by atoms with Crippen molar-refractivity contribution >= 4 is 55.8 Å². The number of aromatic nitrogens is 1. The lowest BCUT2D eigenvalue weighted by atomic mass is 10.0. The highest BCUT2D eigenvalue weighted by Gasteiger charge is 2.16. The lowest BCUT2D eigenvalue weighted by molar-refractivity contribution is -0.116. The van der Waals surface area contributed by atoms with Crippen molar-refractivity contribution in [1.29, 1.82) is 0 Å². The second-order valence-corrected chi connectivity index (χ2v) is 7.33. The maximum Gasteiger partial charge on any atom is 0.257 e. The van der Waals surface area contributed by atoms with Crippen molar-refractivity contribution in [3.05, 3.63) is 52.5 Å². The Morgan fingerprint density at radius 1 is 1.20 bits per heavy atom. The van der Waals surface area contributed by atoms with Crippen LogP contribution in [0.1, 0.15) is 28.8 Å². The normalized spacial score (nSPS) is 13.9. The van der Waals surface area contributed by atoms with Crippen LogP contribution in [0, 0.1) is 0 Å². The fourth-order valence-electron chi connectivity index (χ4n) is 2.84. The molecule has 2 aromatic carbocycles. The molecule has 2 N–H and O–H groups in total. The second-order valence-electron chi connectivity index (χ2n) is 5.86. The predicted octanol–water partition coefficient (Wildman–Crippen LogP) is 4.48. The van der Waals surface area contributed by atoms with E-state index in [2.05, 4.69) is 15.6 Å². The van der Waals surface area contributed by atoms with Crippen molar-refractivity contribution in [2.24, 2.45) is 0 Å². The molecule has 0 aliphatic carbocycles. The molecule has 0 spiro atoms. The molecule has 0 saturated heterocycles. The Labute approximate surface area is 153 Å². The molecule has 25 heavy (non-hydrogen) atoms. The number of aryl methyl sites for hydroxylation is 1. The molecular formula is C18H14ClN3O2S. The molecule has 5 nitrogen and oxygen atoms in total. The van der Waals surface area contributed by atoms with Crippen LogP contribution in [0.4, 0.5) is 10.8 Å². The maximum absolute atomic E-state index is 12.5. The number of hydrogen-bond acceptors (Lipinski definition) is 4. The molecule has 1 aliphatic rings. The summed E-state index contributed by atoms with van der Waals surface area (Å²) in [5, 5.41) is 6.88. The number of carbonyl (C=O) groups is 2. The lowest BCUT2D eigenvalue weighted by Crippen LogP contribution is -2.13. The van der Waals surface area contributed by atoms with Crippen LogP contribution in [0.2, 0.25) is 5.02 Å². The van der Waals surface area contributed by atoms with Gasteiger partial charge in [-0.3, -0.25) is 14.9 Å². The molecule has 0 radical (unpaired) electrons. The summed E-state index contributed by atoms with van der Waals surface area (Å²) in [6.45, 7) is 0. The van der Waals surface area contributed by atoms with Crippen LogP contribution in [-0.4, -0.2) is 16.8 Å². The summed E-state index contributed by atoms with van der Waals surface area (Å²) < 4.78 is 0.924. The Hall–Kier alpha value is -2.44. The number of halogens is 1. The molecule has 4 rings (SSSR count). The highest BCUT2D eigenvalue weighted by molar-refractivity contribution is 7.22. The number of carbonyl (C=O) groups excluding carboxylic acids is 2. The minimum absolute atomic E-state index is 0.0177. The van der Waals surface area contributed by atoms with Gasteiger partial charge >= 0.3 is 0 Å². The van der Waals surface area contributed by atoms with E-state index in [9.17, 15) is 9.59 Å². The van der Waals surface area contributed by atoms with Crippen molar-refractivity contribution in [3.63, 3.8) is 0 Å². The Morgan fingerprint density at radius 2 is 2.08 bits per heavy atom. The summed E-state index contributed by atoms with van der Waals surface area (Å²) in [5.74, 6) is -0.201. The van der Waals surface area contributed by atoms with Crippen LogP contribution in [0.3, 0.4) is 0 Å². The molecular weight excluding hydrogens is 358 g/mol. The van der Waals surface area contributed by atoms with Gasteiger partial charge in [0.2, 0.25) is 5.91 Å². The van der Waals surface area contributed by atoms with Gasteiger partial charge in [-0.1, -0.05) is 22.9 Å². The number of hydrogen-bond donors (Lipinski definition) is 2. The van der Waals surface area contributed by atoms with E-state index in [-0.39, 0.29) is 11.8 Å². The number of rotatable bonds is 2. The topological polar surface area (TPSA) is 71.1 Å². The number of amides is 2. The van der Waals surface area contributed by atoms with E-state index in [0.717, 1.165) is 34.3 Å². The van der Waals surface area contributed by atoms with Crippen LogP contribution >= 0.6 is 22.9 Å². The molecule has 1 aliphatic heterocycles. The number of nitrogens with zero attached hydrogens (tertiary/aromatic N) is 1. The third kappa shape index (κ3) is 3.36. The Balaban J connectivity index is 1.58. The standard InChI is InChI=1S/C18H14ClN3O2S/c19-12-5-7-14-15(9-12)25-18(21-14)22-17(24)11-4-6-13-10(8-11)2-1-3-16(23)20-13/h4-9H,1-3H2,(H,20,23)(H,21,22,24). The molecule has 3 aromatic rings. The summed E-state index contributed by atoms with van der Waals surface area (Å²) in [6, 6.07) is 10.8.